The molecule has 0 aromatic heterocycles. The standard InChI is InChI=1S/C19H27O4Si/c1-8-24(7,9-2)17-12-10-16(11-13-17)18(20)23-22-15(3)14-21-19(4,5)6/h8-13H,1-2,14H2,3-7H3. The molecule has 0 amide bonds. The monoisotopic (exact) mass is 347 g/mol. The lowest BCUT2D eigenvalue weighted by molar-refractivity contribution is -0.242. The fraction of sp³-hybridized carbons (Fsp3) is 0.368. The molecule has 1 aromatic carbocycles. The van der Waals surface area contributed by atoms with Crippen molar-refractivity contribution < 1.29 is 19.3 Å². The molecule has 1 rings (SSSR count). The van der Waals surface area contributed by atoms with E-state index in [0.29, 0.717) is 11.7 Å². The zero-order chi connectivity index (χ0) is 18.4. The van der Waals surface area contributed by atoms with Crippen molar-refractivity contribution >= 4 is 19.2 Å². The topological polar surface area (TPSA) is 44.8 Å². The van der Waals surface area contributed by atoms with Gasteiger partial charge in [0.2, 0.25) is 0 Å². The molecule has 0 aliphatic heterocycles. The van der Waals surface area contributed by atoms with Crippen LogP contribution in [0.1, 0.15) is 38.1 Å². The number of hydrogen-bond donors (Lipinski definition) is 0. The van der Waals surface area contributed by atoms with E-state index in [4.69, 9.17) is 14.5 Å². The summed E-state index contributed by atoms with van der Waals surface area (Å²) in [5, 5.41) is 1.13. The van der Waals surface area contributed by atoms with Gasteiger partial charge in [0.15, 0.2) is 6.10 Å². The Balaban J connectivity index is 2.60. The molecule has 0 aliphatic rings. The normalized spacial score (nSPS) is 12.1. The molecule has 0 atom stereocenters. The number of carbonyl (C=O) groups excluding carboxylic acids is 1. The molecule has 0 N–H and O–H groups in total. The fourth-order valence-corrected chi connectivity index (χ4v) is 3.31. The number of benzene rings is 1. The van der Waals surface area contributed by atoms with Gasteiger partial charge < -0.3 is 4.74 Å². The van der Waals surface area contributed by atoms with Gasteiger partial charge in [0, 0.05) is 0 Å². The van der Waals surface area contributed by atoms with E-state index < -0.39 is 14.0 Å². The van der Waals surface area contributed by atoms with Crippen LogP contribution in [0.15, 0.2) is 48.8 Å². The SMILES string of the molecule is C=C[Si](C)(C=C)c1ccc(C(=O)OO[C](C)COC(C)(C)C)cc1. The second kappa shape index (κ2) is 8.42. The van der Waals surface area contributed by atoms with Gasteiger partial charge in [-0.15, -0.1) is 13.2 Å². The van der Waals surface area contributed by atoms with E-state index in [1.165, 1.54) is 0 Å². The lowest BCUT2D eigenvalue weighted by Crippen LogP contribution is -2.40. The Morgan fingerprint density at radius 3 is 2.12 bits per heavy atom. The quantitative estimate of drug-likeness (QED) is 0.407. The highest BCUT2D eigenvalue weighted by molar-refractivity contribution is 6.98. The number of hydrogen-bond acceptors (Lipinski definition) is 4. The Kier molecular flexibility index (Phi) is 7.14. The Labute approximate surface area is 146 Å². The highest BCUT2D eigenvalue weighted by Crippen LogP contribution is 2.13. The fourth-order valence-electron chi connectivity index (χ4n) is 1.78. The van der Waals surface area contributed by atoms with Gasteiger partial charge >= 0.3 is 5.97 Å². The molecule has 0 fully saturated rings. The zero-order valence-corrected chi connectivity index (χ0v) is 16.2. The summed E-state index contributed by atoms with van der Waals surface area (Å²) in [4.78, 5) is 21.9. The Morgan fingerprint density at radius 1 is 1.12 bits per heavy atom. The summed E-state index contributed by atoms with van der Waals surface area (Å²) in [6, 6.07) is 7.26. The summed E-state index contributed by atoms with van der Waals surface area (Å²) in [5.41, 5.74) is 4.04. The Bertz CT molecular complexity index is 564. The van der Waals surface area contributed by atoms with Crippen LogP contribution in [-0.4, -0.2) is 26.3 Å². The van der Waals surface area contributed by atoms with Crippen molar-refractivity contribution in [3.05, 3.63) is 60.5 Å². The van der Waals surface area contributed by atoms with E-state index in [1.807, 2.05) is 44.3 Å². The van der Waals surface area contributed by atoms with Gasteiger partial charge in [0.05, 0.1) is 17.8 Å². The van der Waals surface area contributed by atoms with Crippen molar-refractivity contribution in [3.63, 3.8) is 0 Å². The molecule has 0 heterocycles. The molecule has 131 valence electrons. The smallest absolute Gasteiger partial charge is 0.373 e. The average Bonchev–Trinajstić information content (AvgIpc) is 2.56. The first-order valence-electron chi connectivity index (χ1n) is 7.84. The van der Waals surface area contributed by atoms with E-state index in [2.05, 4.69) is 19.7 Å². The van der Waals surface area contributed by atoms with Gasteiger partial charge in [-0.1, -0.05) is 35.3 Å². The minimum Gasteiger partial charge on any atom is -0.373 e. The highest BCUT2D eigenvalue weighted by atomic mass is 28.3. The maximum atomic E-state index is 12.0. The van der Waals surface area contributed by atoms with Gasteiger partial charge in [-0.2, -0.15) is 4.89 Å². The van der Waals surface area contributed by atoms with Crippen molar-refractivity contribution in [3.8, 4) is 0 Å². The lowest BCUT2D eigenvalue weighted by atomic mass is 10.2. The molecule has 24 heavy (non-hydrogen) atoms. The van der Waals surface area contributed by atoms with E-state index in [-0.39, 0.29) is 12.2 Å². The molecular weight excluding hydrogens is 320 g/mol. The van der Waals surface area contributed by atoms with Crippen molar-refractivity contribution in [2.24, 2.45) is 0 Å². The molecule has 0 spiro atoms. The van der Waals surface area contributed by atoms with Gasteiger partial charge in [0.25, 0.3) is 0 Å². The largest absolute Gasteiger partial charge is 0.373 e. The van der Waals surface area contributed by atoms with Crippen LogP contribution in [0, 0.1) is 6.10 Å². The Hall–Kier alpha value is -1.69. The number of ether oxygens (including phenoxy) is 1. The second-order valence-electron chi connectivity index (χ2n) is 6.83. The molecule has 5 heteroatoms. The van der Waals surface area contributed by atoms with Crippen molar-refractivity contribution in [2.45, 2.75) is 39.8 Å². The predicted molar refractivity (Wildman–Crippen MR) is 99.2 cm³/mol. The third kappa shape index (κ3) is 6.07. The average molecular weight is 348 g/mol. The molecule has 0 bridgehead atoms. The summed E-state index contributed by atoms with van der Waals surface area (Å²) in [6.45, 7) is 17.7. The van der Waals surface area contributed by atoms with Crippen molar-refractivity contribution in [1.82, 2.24) is 0 Å². The summed E-state index contributed by atoms with van der Waals surface area (Å²) in [6.07, 6.45) is 0.480. The van der Waals surface area contributed by atoms with Crippen LogP contribution >= 0.6 is 0 Å². The van der Waals surface area contributed by atoms with Gasteiger partial charge in [0.1, 0.15) is 8.07 Å². The van der Waals surface area contributed by atoms with Crippen molar-refractivity contribution in [2.75, 3.05) is 6.61 Å². The highest BCUT2D eigenvalue weighted by Gasteiger charge is 2.22. The van der Waals surface area contributed by atoms with Gasteiger partial charge in [-0.3, -0.25) is 4.89 Å². The van der Waals surface area contributed by atoms with Crippen LogP contribution in [0.4, 0.5) is 0 Å². The first-order chi connectivity index (χ1) is 11.1. The third-order valence-corrected chi connectivity index (χ3v) is 6.83. The van der Waals surface area contributed by atoms with Gasteiger partial charge in [-0.25, -0.2) is 4.79 Å². The van der Waals surface area contributed by atoms with E-state index in [0.717, 1.165) is 5.19 Å². The summed E-state index contributed by atoms with van der Waals surface area (Å²) >= 11 is 0. The van der Waals surface area contributed by atoms with Crippen LogP contribution in [0.25, 0.3) is 0 Å². The van der Waals surface area contributed by atoms with Crippen molar-refractivity contribution in [1.29, 1.82) is 0 Å². The number of rotatable bonds is 8. The lowest BCUT2D eigenvalue weighted by Gasteiger charge is -2.21. The summed E-state index contributed by atoms with van der Waals surface area (Å²) < 4.78 is 5.54. The van der Waals surface area contributed by atoms with Crippen LogP contribution in [0.3, 0.4) is 0 Å². The minimum absolute atomic E-state index is 0.262. The molecule has 1 aromatic rings. The molecule has 4 nitrogen and oxygen atoms in total. The first-order valence-corrected chi connectivity index (χ1v) is 10.5. The molecule has 0 saturated heterocycles. The van der Waals surface area contributed by atoms with Crippen LogP contribution in [-0.2, 0) is 14.5 Å². The maximum Gasteiger partial charge on any atom is 0.373 e. The van der Waals surface area contributed by atoms with E-state index in [9.17, 15) is 4.79 Å². The number of carbonyl (C=O) groups is 1. The maximum absolute atomic E-state index is 12.0. The predicted octanol–water partition coefficient (Wildman–Crippen LogP) is 3.88. The Morgan fingerprint density at radius 2 is 1.67 bits per heavy atom. The molecular formula is C19H27O4Si. The molecule has 0 saturated carbocycles. The first kappa shape index (κ1) is 20.4. The third-order valence-electron chi connectivity index (χ3n) is 3.56. The van der Waals surface area contributed by atoms with E-state index >= 15 is 0 Å². The summed E-state index contributed by atoms with van der Waals surface area (Å²) in [7, 11) is -1.87. The molecule has 1 radical (unpaired) electrons. The molecule has 0 unspecified atom stereocenters. The van der Waals surface area contributed by atoms with Crippen LogP contribution < -0.4 is 5.19 Å². The van der Waals surface area contributed by atoms with Gasteiger partial charge in [-0.05, 0) is 39.8 Å². The van der Waals surface area contributed by atoms with Crippen LogP contribution in [0.2, 0.25) is 6.55 Å². The zero-order valence-electron chi connectivity index (χ0n) is 15.2. The minimum atomic E-state index is -1.87. The van der Waals surface area contributed by atoms with E-state index in [1.54, 1.807) is 19.1 Å². The summed E-state index contributed by atoms with van der Waals surface area (Å²) in [5.74, 6) is -0.544. The molecule has 0 aliphatic carbocycles. The van der Waals surface area contributed by atoms with Crippen LogP contribution in [0.5, 0.6) is 0 Å². The second-order valence-corrected chi connectivity index (χ2v) is 10.8.